The minimum absolute atomic E-state index is 0.0100. The van der Waals surface area contributed by atoms with E-state index in [0.29, 0.717) is 29.3 Å². The fourth-order valence-corrected chi connectivity index (χ4v) is 4.07. The Bertz CT molecular complexity index is 1240. The van der Waals surface area contributed by atoms with Crippen molar-refractivity contribution < 1.29 is 4.74 Å². The number of hydrogen-bond donors (Lipinski definition) is 1. The molecule has 4 rings (SSSR count). The van der Waals surface area contributed by atoms with Gasteiger partial charge in [-0.25, -0.2) is 0 Å². The van der Waals surface area contributed by atoms with E-state index in [1.807, 2.05) is 43.3 Å². The van der Waals surface area contributed by atoms with Gasteiger partial charge in [0.15, 0.2) is 0 Å². The lowest BCUT2D eigenvalue weighted by atomic mass is 9.84. The fourth-order valence-electron chi connectivity index (χ4n) is 3.87. The molecule has 1 aliphatic rings. The number of ether oxygens (including phenoxy) is 1. The Kier molecular flexibility index (Phi) is 5.35. The van der Waals surface area contributed by atoms with Gasteiger partial charge in [-0.3, -0.25) is 4.79 Å². The van der Waals surface area contributed by atoms with Crippen molar-refractivity contribution in [3.8, 4) is 11.8 Å². The van der Waals surface area contributed by atoms with E-state index in [2.05, 4.69) is 6.07 Å². The summed E-state index contributed by atoms with van der Waals surface area (Å²) in [6.07, 6.45) is 0.714. The van der Waals surface area contributed by atoms with E-state index in [-0.39, 0.29) is 17.0 Å². The topological polar surface area (TPSA) is 81.0 Å². The second kappa shape index (κ2) is 8.10. The van der Waals surface area contributed by atoms with Crippen LogP contribution in [-0.2, 0) is 13.0 Å². The van der Waals surface area contributed by atoms with Gasteiger partial charge in [-0.2, -0.15) is 5.26 Å². The predicted molar refractivity (Wildman–Crippen MR) is 116 cm³/mol. The van der Waals surface area contributed by atoms with Crippen molar-refractivity contribution in [1.29, 1.82) is 5.26 Å². The van der Waals surface area contributed by atoms with Gasteiger partial charge in [-0.05, 0) is 36.6 Å². The molecule has 150 valence electrons. The lowest BCUT2D eigenvalue weighted by molar-refractivity contribution is 0.388. The third-order valence-corrected chi connectivity index (χ3v) is 5.57. The molecule has 0 spiro atoms. The Morgan fingerprint density at radius 3 is 2.63 bits per heavy atom. The first kappa shape index (κ1) is 19.8. The second-order valence-corrected chi connectivity index (χ2v) is 7.67. The summed E-state index contributed by atoms with van der Waals surface area (Å²) < 4.78 is 7.41. The van der Waals surface area contributed by atoms with E-state index in [0.717, 1.165) is 16.8 Å². The Morgan fingerprint density at radius 1 is 1.17 bits per heavy atom. The maximum Gasteiger partial charge on any atom is 0.258 e. The van der Waals surface area contributed by atoms with Crippen LogP contribution in [0.2, 0.25) is 5.02 Å². The largest absolute Gasteiger partial charge is 0.440 e. The highest BCUT2D eigenvalue weighted by molar-refractivity contribution is 6.30. The van der Waals surface area contributed by atoms with Gasteiger partial charge in [0.25, 0.3) is 5.56 Å². The molecular formula is C24H20ClN3O2. The highest BCUT2D eigenvalue weighted by atomic mass is 35.5. The molecule has 6 heteroatoms. The van der Waals surface area contributed by atoms with E-state index in [1.165, 1.54) is 0 Å². The molecule has 5 nitrogen and oxygen atoms in total. The SMILES string of the molecule is Cc1cc2c(c(=O)n1CCc1ccccc1)[C@H](c1cccc(Cl)c1)C(C#N)=C(N)O2. The van der Waals surface area contributed by atoms with Crippen molar-refractivity contribution >= 4 is 11.6 Å². The minimum atomic E-state index is -0.631. The van der Waals surface area contributed by atoms with Gasteiger partial charge < -0.3 is 15.0 Å². The number of allylic oxidation sites excluding steroid dienone is 1. The number of hydrogen-bond acceptors (Lipinski definition) is 4. The van der Waals surface area contributed by atoms with Crippen molar-refractivity contribution in [3.05, 3.63) is 110 Å². The summed E-state index contributed by atoms with van der Waals surface area (Å²) in [6.45, 7) is 2.38. The molecule has 2 N–H and O–H groups in total. The van der Waals surface area contributed by atoms with Crippen molar-refractivity contribution in [2.75, 3.05) is 0 Å². The van der Waals surface area contributed by atoms with Gasteiger partial charge in [0.05, 0.1) is 11.5 Å². The summed E-state index contributed by atoms with van der Waals surface area (Å²) in [7, 11) is 0. The number of aryl methyl sites for hydroxylation is 2. The summed E-state index contributed by atoms with van der Waals surface area (Å²) in [5.74, 6) is -0.237. The molecule has 0 bridgehead atoms. The Balaban J connectivity index is 1.84. The van der Waals surface area contributed by atoms with Crippen LogP contribution in [0.15, 0.2) is 76.9 Å². The summed E-state index contributed by atoms with van der Waals surface area (Å²) >= 11 is 6.19. The van der Waals surface area contributed by atoms with Crippen molar-refractivity contribution in [3.63, 3.8) is 0 Å². The monoisotopic (exact) mass is 417 g/mol. The summed E-state index contributed by atoms with van der Waals surface area (Å²) in [6, 6.07) is 21.0. The van der Waals surface area contributed by atoms with Crippen LogP contribution in [0.4, 0.5) is 0 Å². The molecule has 3 aromatic rings. The number of pyridine rings is 1. The molecule has 0 aliphatic carbocycles. The third-order valence-electron chi connectivity index (χ3n) is 5.34. The molecular weight excluding hydrogens is 398 g/mol. The molecule has 1 aliphatic heterocycles. The van der Waals surface area contributed by atoms with E-state index < -0.39 is 5.92 Å². The number of halogens is 1. The van der Waals surface area contributed by atoms with Crippen molar-refractivity contribution in [2.24, 2.45) is 5.73 Å². The number of rotatable bonds is 4. The summed E-state index contributed by atoms with van der Waals surface area (Å²) in [5, 5.41) is 10.3. The zero-order valence-electron chi connectivity index (χ0n) is 16.4. The van der Waals surface area contributed by atoms with E-state index in [9.17, 15) is 10.1 Å². The fraction of sp³-hybridized carbons (Fsp3) is 0.167. The maximum absolute atomic E-state index is 13.6. The molecule has 0 radical (unpaired) electrons. The lowest BCUT2D eigenvalue weighted by Crippen LogP contribution is -2.33. The second-order valence-electron chi connectivity index (χ2n) is 7.24. The molecule has 0 amide bonds. The van der Waals surface area contributed by atoms with Gasteiger partial charge in [0.2, 0.25) is 5.88 Å². The molecule has 2 aromatic carbocycles. The van der Waals surface area contributed by atoms with Crippen LogP contribution in [0.3, 0.4) is 0 Å². The molecule has 0 saturated heterocycles. The molecule has 0 unspecified atom stereocenters. The van der Waals surface area contributed by atoms with Gasteiger partial charge >= 0.3 is 0 Å². The smallest absolute Gasteiger partial charge is 0.258 e. The number of nitrogens with two attached hydrogens (primary N) is 1. The summed E-state index contributed by atoms with van der Waals surface area (Å²) in [4.78, 5) is 13.6. The van der Waals surface area contributed by atoms with Crippen LogP contribution >= 0.6 is 11.6 Å². The third kappa shape index (κ3) is 3.58. The molecule has 1 atom stereocenters. The van der Waals surface area contributed by atoms with Crippen molar-refractivity contribution in [2.45, 2.75) is 25.8 Å². The normalized spacial score (nSPS) is 15.3. The van der Waals surface area contributed by atoms with E-state index in [1.54, 1.807) is 28.8 Å². The predicted octanol–water partition coefficient (Wildman–Crippen LogP) is 4.27. The molecule has 30 heavy (non-hydrogen) atoms. The summed E-state index contributed by atoms with van der Waals surface area (Å²) in [5.41, 5.74) is 9.10. The molecule has 0 fully saturated rings. The molecule has 1 aromatic heterocycles. The Hall–Kier alpha value is -3.49. The van der Waals surface area contributed by atoms with Crippen LogP contribution in [0, 0.1) is 18.3 Å². The van der Waals surface area contributed by atoms with Crippen LogP contribution in [0.1, 0.15) is 28.3 Å². The zero-order chi connectivity index (χ0) is 21.3. The lowest BCUT2D eigenvalue weighted by Gasteiger charge is -2.27. The first-order chi connectivity index (χ1) is 14.5. The van der Waals surface area contributed by atoms with Gasteiger partial charge in [-0.15, -0.1) is 0 Å². The zero-order valence-corrected chi connectivity index (χ0v) is 17.2. The van der Waals surface area contributed by atoms with Crippen LogP contribution in [0.25, 0.3) is 0 Å². The number of nitriles is 1. The number of aromatic nitrogens is 1. The average molecular weight is 418 g/mol. The van der Waals surface area contributed by atoms with Crippen molar-refractivity contribution in [1.82, 2.24) is 4.57 Å². The van der Waals surface area contributed by atoms with E-state index in [4.69, 9.17) is 22.1 Å². The number of benzene rings is 2. The number of nitrogens with zero attached hydrogens (tertiary/aromatic N) is 2. The molecule has 0 saturated carbocycles. The number of fused-ring (bicyclic) bond motifs is 1. The average Bonchev–Trinajstić information content (AvgIpc) is 2.73. The van der Waals surface area contributed by atoms with Crippen LogP contribution in [-0.4, -0.2) is 4.57 Å². The molecule has 2 heterocycles. The quantitative estimate of drug-likeness (QED) is 0.687. The highest BCUT2D eigenvalue weighted by Crippen LogP contribution is 2.40. The minimum Gasteiger partial charge on any atom is -0.440 e. The first-order valence-electron chi connectivity index (χ1n) is 9.61. The van der Waals surface area contributed by atoms with Crippen LogP contribution < -0.4 is 16.0 Å². The highest BCUT2D eigenvalue weighted by Gasteiger charge is 2.34. The maximum atomic E-state index is 13.6. The van der Waals surface area contributed by atoms with Gasteiger partial charge in [0, 0.05) is 23.3 Å². The standard InChI is InChI=1S/C24H20ClN3O2/c1-15-12-20-22(24(29)28(15)11-10-16-6-3-2-4-7-16)21(19(14-26)23(27)30-20)17-8-5-9-18(25)13-17/h2-9,12-13,21H,10-11,27H2,1H3/t21-/m1/s1. The van der Waals surface area contributed by atoms with Gasteiger partial charge in [0.1, 0.15) is 17.4 Å². The first-order valence-corrected chi connectivity index (χ1v) is 9.98. The van der Waals surface area contributed by atoms with Gasteiger partial charge in [-0.1, -0.05) is 54.1 Å². The Labute approximate surface area is 179 Å². The Morgan fingerprint density at radius 2 is 1.93 bits per heavy atom. The van der Waals surface area contributed by atoms with Crippen LogP contribution in [0.5, 0.6) is 5.75 Å². The van der Waals surface area contributed by atoms with E-state index >= 15 is 0 Å².